The Balaban J connectivity index is 1.75. The van der Waals surface area contributed by atoms with Gasteiger partial charge in [-0.3, -0.25) is 0 Å². The van der Waals surface area contributed by atoms with Crippen LogP contribution in [0.25, 0.3) is 20.7 Å². The van der Waals surface area contributed by atoms with E-state index < -0.39 is 0 Å². The Morgan fingerprint density at radius 3 is 2.71 bits per heavy atom. The minimum atomic E-state index is 0.754. The lowest BCUT2D eigenvalue weighted by atomic mass is 10.1. The summed E-state index contributed by atoms with van der Waals surface area (Å²) < 4.78 is 2.39. The Hall–Kier alpha value is -2.04. The van der Waals surface area contributed by atoms with Gasteiger partial charge in [-0.15, -0.1) is 11.3 Å². The first-order valence-electron chi connectivity index (χ1n) is 7.75. The summed E-state index contributed by atoms with van der Waals surface area (Å²) in [6.07, 6.45) is 2.62. The normalized spacial score (nSPS) is 11.1. The quantitative estimate of drug-likeness (QED) is 0.424. The van der Waals surface area contributed by atoms with Crippen molar-refractivity contribution < 1.29 is 0 Å². The van der Waals surface area contributed by atoms with Gasteiger partial charge >= 0.3 is 0 Å². The van der Waals surface area contributed by atoms with Crippen LogP contribution in [0.2, 0.25) is 0 Å². The third-order valence-corrected chi connectivity index (χ3v) is 5.83. The van der Waals surface area contributed by atoms with E-state index in [2.05, 4.69) is 58.2 Å². The molecule has 0 saturated heterocycles. The molecular weight excluding hydrogens is 380 g/mol. The van der Waals surface area contributed by atoms with Gasteiger partial charge in [0.25, 0.3) is 0 Å². The summed E-state index contributed by atoms with van der Waals surface area (Å²) in [5.74, 6) is 0.858. The molecule has 0 bridgehead atoms. The first kappa shape index (κ1) is 15.5. The van der Waals surface area contributed by atoms with Crippen LogP contribution in [-0.4, -0.2) is 9.97 Å². The van der Waals surface area contributed by atoms with Crippen molar-refractivity contribution in [2.75, 3.05) is 0 Å². The van der Waals surface area contributed by atoms with Crippen molar-refractivity contribution in [3.63, 3.8) is 0 Å². The van der Waals surface area contributed by atoms with Crippen molar-refractivity contribution in [2.24, 2.45) is 0 Å². The average Bonchev–Trinajstić information content (AvgIpc) is 2.93. The topological polar surface area (TPSA) is 25.8 Å². The second-order valence-electron chi connectivity index (χ2n) is 5.72. The van der Waals surface area contributed by atoms with Gasteiger partial charge in [-0.05, 0) is 47.7 Å². The molecule has 118 valence electrons. The number of aryl methyl sites for hydroxylation is 1. The van der Waals surface area contributed by atoms with Crippen LogP contribution in [0.15, 0.2) is 65.3 Å². The fourth-order valence-corrected chi connectivity index (χ4v) is 4.35. The summed E-state index contributed by atoms with van der Waals surface area (Å²) >= 11 is 5.35. The molecule has 24 heavy (non-hydrogen) atoms. The highest BCUT2D eigenvalue weighted by molar-refractivity contribution is 9.10. The molecule has 0 aliphatic heterocycles. The van der Waals surface area contributed by atoms with Gasteiger partial charge in [-0.25, -0.2) is 9.97 Å². The summed E-state index contributed by atoms with van der Waals surface area (Å²) in [7, 11) is 0. The fourth-order valence-electron chi connectivity index (χ4n) is 2.83. The highest BCUT2D eigenvalue weighted by Gasteiger charge is 2.12. The maximum Gasteiger partial charge on any atom is 0.133 e. The number of hydrogen-bond donors (Lipinski definition) is 0. The van der Waals surface area contributed by atoms with Crippen molar-refractivity contribution in [3.05, 3.63) is 82.2 Å². The Morgan fingerprint density at radius 2 is 1.88 bits per heavy atom. The van der Waals surface area contributed by atoms with Gasteiger partial charge in [-0.1, -0.05) is 46.3 Å². The Labute approximate surface area is 153 Å². The van der Waals surface area contributed by atoms with E-state index in [1.807, 2.05) is 30.5 Å². The second kappa shape index (κ2) is 6.46. The van der Waals surface area contributed by atoms with Gasteiger partial charge in [0, 0.05) is 21.8 Å². The van der Waals surface area contributed by atoms with Gasteiger partial charge in [0.2, 0.25) is 0 Å². The molecule has 0 aliphatic rings. The number of halogens is 1. The molecule has 2 nitrogen and oxygen atoms in total. The standard InChI is InChI=1S/C20H15BrN2S/c1-13-16-12-15(21)7-8-18(16)24-20(13)17-9-10-22-19(23-17)11-14-5-3-2-4-6-14/h2-10,12H,11H2,1H3. The van der Waals surface area contributed by atoms with Crippen LogP contribution in [0.1, 0.15) is 17.0 Å². The summed E-state index contributed by atoms with van der Waals surface area (Å²) in [5.41, 5.74) is 3.51. The zero-order valence-corrected chi connectivity index (χ0v) is 15.6. The highest BCUT2D eigenvalue weighted by Crippen LogP contribution is 2.38. The number of rotatable bonds is 3. The van der Waals surface area contributed by atoms with Crippen molar-refractivity contribution in [2.45, 2.75) is 13.3 Å². The van der Waals surface area contributed by atoms with Gasteiger partial charge in [0.05, 0.1) is 10.6 Å². The zero-order valence-electron chi connectivity index (χ0n) is 13.2. The Kier molecular flexibility index (Phi) is 4.17. The Bertz CT molecular complexity index is 1010. The van der Waals surface area contributed by atoms with Crippen LogP contribution in [-0.2, 0) is 6.42 Å². The third kappa shape index (κ3) is 2.99. The molecule has 0 atom stereocenters. The van der Waals surface area contributed by atoms with E-state index in [4.69, 9.17) is 4.98 Å². The molecule has 0 aliphatic carbocycles. The first-order valence-corrected chi connectivity index (χ1v) is 9.36. The molecule has 0 saturated carbocycles. The molecular formula is C20H15BrN2S. The number of nitrogens with zero attached hydrogens (tertiary/aromatic N) is 2. The summed E-state index contributed by atoms with van der Waals surface area (Å²) in [4.78, 5) is 10.5. The van der Waals surface area contributed by atoms with E-state index in [0.717, 1.165) is 22.4 Å². The fraction of sp³-hybridized carbons (Fsp3) is 0.100. The predicted molar refractivity (Wildman–Crippen MR) is 105 cm³/mol. The van der Waals surface area contributed by atoms with Crippen molar-refractivity contribution >= 4 is 37.4 Å². The van der Waals surface area contributed by atoms with E-state index in [1.165, 1.54) is 26.1 Å². The van der Waals surface area contributed by atoms with E-state index in [1.54, 1.807) is 11.3 Å². The van der Waals surface area contributed by atoms with Crippen molar-refractivity contribution in [1.29, 1.82) is 0 Å². The number of benzene rings is 2. The van der Waals surface area contributed by atoms with Crippen LogP contribution in [0.5, 0.6) is 0 Å². The summed E-state index contributed by atoms with van der Waals surface area (Å²) in [5, 5.41) is 1.28. The zero-order chi connectivity index (χ0) is 16.5. The predicted octanol–water partition coefficient (Wildman–Crippen LogP) is 6.02. The lowest BCUT2D eigenvalue weighted by Crippen LogP contribution is -1.97. The average molecular weight is 395 g/mol. The molecule has 4 rings (SSSR count). The number of fused-ring (bicyclic) bond motifs is 1. The molecule has 4 aromatic rings. The van der Waals surface area contributed by atoms with E-state index >= 15 is 0 Å². The maximum absolute atomic E-state index is 4.80. The van der Waals surface area contributed by atoms with Crippen LogP contribution in [0.4, 0.5) is 0 Å². The van der Waals surface area contributed by atoms with E-state index in [0.29, 0.717) is 0 Å². The Morgan fingerprint density at radius 1 is 1.04 bits per heavy atom. The van der Waals surface area contributed by atoms with Crippen molar-refractivity contribution in [1.82, 2.24) is 9.97 Å². The van der Waals surface area contributed by atoms with Crippen LogP contribution in [0.3, 0.4) is 0 Å². The smallest absolute Gasteiger partial charge is 0.133 e. The molecule has 0 spiro atoms. The molecule has 0 fully saturated rings. The van der Waals surface area contributed by atoms with Crippen LogP contribution >= 0.6 is 27.3 Å². The SMILES string of the molecule is Cc1c(-c2ccnc(Cc3ccccc3)n2)sc2ccc(Br)cc12. The monoisotopic (exact) mass is 394 g/mol. The van der Waals surface area contributed by atoms with E-state index in [9.17, 15) is 0 Å². The molecule has 2 heterocycles. The van der Waals surface area contributed by atoms with Gasteiger partial charge in [0.15, 0.2) is 0 Å². The van der Waals surface area contributed by atoms with Gasteiger partial charge in [0.1, 0.15) is 5.82 Å². The molecule has 0 N–H and O–H groups in total. The lowest BCUT2D eigenvalue weighted by molar-refractivity contribution is 0.973. The molecule has 0 unspecified atom stereocenters. The largest absolute Gasteiger partial charge is 0.241 e. The van der Waals surface area contributed by atoms with Crippen LogP contribution < -0.4 is 0 Å². The molecule has 2 aromatic carbocycles. The van der Waals surface area contributed by atoms with Crippen LogP contribution in [0, 0.1) is 6.92 Å². The molecule has 0 radical (unpaired) electrons. The first-order chi connectivity index (χ1) is 11.7. The van der Waals surface area contributed by atoms with E-state index in [-0.39, 0.29) is 0 Å². The number of thiophene rings is 1. The van der Waals surface area contributed by atoms with Gasteiger partial charge in [-0.2, -0.15) is 0 Å². The maximum atomic E-state index is 4.80. The minimum Gasteiger partial charge on any atom is -0.241 e. The van der Waals surface area contributed by atoms with Crippen molar-refractivity contribution in [3.8, 4) is 10.6 Å². The second-order valence-corrected chi connectivity index (χ2v) is 7.69. The molecule has 2 aromatic heterocycles. The lowest BCUT2D eigenvalue weighted by Gasteiger charge is -2.04. The van der Waals surface area contributed by atoms with Gasteiger partial charge < -0.3 is 0 Å². The summed E-state index contributed by atoms with van der Waals surface area (Å²) in [6.45, 7) is 2.17. The molecule has 0 amide bonds. The third-order valence-electron chi connectivity index (χ3n) is 4.04. The minimum absolute atomic E-state index is 0.754. The molecule has 4 heteroatoms. The summed E-state index contributed by atoms with van der Waals surface area (Å²) in [6, 6.07) is 18.8. The highest BCUT2D eigenvalue weighted by atomic mass is 79.9. The number of aromatic nitrogens is 2. The number of hydrogen-bond acceptors (Lipinski definition) is 3.